The minimum Gasteiger partial charge on any atom is -0.439 e. The molecule has 11 heteroatoms. The molecule has 0 amide bonds. The third-order valence-electron chi connectivity index (χ3n) is 4.31. The van der Waals surface area contributed by atoms with Crippen LogP contribution < -0.4 is 9.64 Å². The summed E-state index contributed by atoms with van der Waals surface area (Å²) >= 11 is 5.98. The van der Waals surface area contributed by atoms with Gasteiger partial charge in [0.2, 0.25) is 5.88 Å². The van der Waals surface area contributed by atoms with Gasteiger partial charge in [0.15, 0.2) is 5.82 Å². The summed E-state index contributed by atoms with van der Waals surface area (Å²) in [5.74, 6) is 0.652. The van der Waals surface area contributed by atoms with Crippen LogP contribution in [0.3, 0.4) is 0 Å². The third-order valence-corrected chi connectivity index (χ3v) is 4.67. The van der Waals surface area contributed by atoms with E-state index in [-0.39, 0.29) is 16.7 Å². The smallest absolute Gasteiger partial charge is 0.417 e. The molecular formula is C20H16ClF5N4O. The highest BCUT2D eigenvalue weighted by molar-refractivity contribution is 6.33. The Balaban J connectivity index is 1.59. The molecule has 0 fully saturated rings. The van der Waals surface area contributed by atoms with Crippen molar-refractivity contribution in [3.05, 3.63) is 70.8 Å². The van der Waals surface area contributed by atoms with Gasteiger partial charge in [-0.2, -0.15) is 13.2 Å². The van der Waals surface area contributed by atoms with Crippen molar-refractivity contribution >= 4 is 17.4 Å². The second-order valence-electron chi connectivity index (χ2n) is 6.50. The molecule has 0 saturated carbocycles. The zero-order valence-corrected chi connectivity index (χ0v) is 16.8. The van der Waals surface area contributed by atoms with Gasteiger partial charge >= 0.3 is 6.18 Å². The maximum Gasteiger partial charge on any atom is 0.417 e. The molecule has 0 aliphatic rings. The summed E-state index contributed by atoms with van der Waals surface area (Å²) in [4.78, 5) is 12.8. The van der Waals surface area contributed by atoms with Crippen LogP contribution >= 0.6 is 11.6 Å². The molecule has 5 nitrogen and oxygen atoms in total. The Hall–Kier alpha value is -3.01. The number of pyridine rings is 1. The second kappa shape index (κ2) is 9.42. The van der Waals surface area contributed by atoms with Crippen LogP contribution in [0.15, 0.2) is 48.9 Å². The van der Waals surface area contributed by atoms with Crippen LogP contribution in [0.2, 0.25) is 5.02 Å². The lowest BCUT2D eigenvalue weighted by Gasteiger charge is -2.20. The molecular weight excluding hydrogens is 443 g/mol. The van der Waals surface area contributed by atoms with E-state index in [9.17, 15) is 22.0 Å². The Morgan fingerprint density at radius 1 is 1.03 bits per heavy atom. The van der Waals surface area contributed by atoms with E-state index in [1.807, 2.05) is 0 Å². The van der Waals surface area contributed by atoms with Crippen LogP contribution in [0.5, 0.6) is 11.6 Å². The van der Waals surface area contributed by atoms with E-state index in [1.165, 1.54) is 0 Å². The van der Waals surface area contributed by atoms with E-state index in [0.717, 1.165) is 24.0 Å². The first-order chi connectivity index (χ1) is 14.6. The fourth-order valence-corrected chi connectivity index (χ4v) is 2.97. The highest BCUT2D eigenvalue weighted by atomic mass is 35.5. The fourth-order valence-electron chi connectivity index (χ4n) is 2.65. The summed E-state index contributed by atoms with van der Waals surface area (Å²) in [5.41, 5.74) is -0.459. The minimum atomic E-state index is -4.46. The maximum atomic E-state index is 12.9. The fraction of sp³-hybridized carbons (Fsp3) is 0.250. The van der Waals surface area contributed by atoms with Crippen molar-refractivity contribution in [2.24, 2.45) is 0 Å². The van der Waals surface area contributed by atoms with Crippen LogP contribution in [0, 0.1) is 0 Å². The first-order valence-electron chi connectivity index (χ1n) is 8.95. The number of hydrogen-bond donors (Lipinski definition) is 0. The van der Waals surface area contributed by atoms with E-state index in [4.69, 9.17) is 16.3 Å². The Morgan fingerprint density at radius 3 is 2.32 bits per heavy atom. The molecule has 0 radical (unpaired) electrons. The van der Waals surface area contributed by atoms with E-state index >= 15 is 0 Å². The molecule has 0 aliphatic heterocycles. The summed E-state index contributed by atoms with van der Waals surface area (Å²) in [7, 11) is 1.68. The van der Waals surface area contributed by atoms with Crippen LogP contribution in [-0.2, 0) is 12.6 Å². The number of anilines is 1. The van der Waals surface area contributed by atoms with Crippen molar-refractivity contribution in [3.63, 3.8) is 0 Å². The van der Waals surface area contributed by atoms with Gasteiger partial charge in [0, 0.05) is 25.9 Å². The van der Waals surface area contributed by atoms with Crippen LogP contribution in [-0.4, -0.2) is 28.5 Å². The van der Waals surface area contributed by atoms with Crippen molar-refractivity contribution in [2.75, 3.05) is 18.5 Å². The molecule has 1 aromatic carbocycles. The molecule has 0 N–H and O–H groups in total. The third kappa shape index (κ3) is 5.78. The Kier molecular flexibility index (Phi) is 6.89. The SMILES string of the molecule is CN(CCc1ccc(Oc2ccc(C(F)(F)F)cn2)cc1)c1ncnc(C(F)F)c1Cl. The lowest BCUT2D eigenvalue weighted by atomic mass is 10.1. The largest absolute Gasteiger partial charge is 0.439 e. The first kappa shape index (κ1) is 22.7. The lowest BCUT2D eigenvalue weighted by Crippen LogP contribution is -2.22. The average Bonchev–Trinajstić information content (AvgIpc) is 2.72. The molecule has 164 valence electrons. The lowest BCUT2D eigenvalue weighted by molar-refractivity contribution is -0.137. The van der Waals surface area contributed by atoms with Crippen molar-refractivity contribution in [3.8, 4) is 11.6 Å². The second-order valence-corrected chi connectivity index (χ2v) is 6.88. The van der Waals surface area contributed by atoms with Gasteiger partial charge in [0.05, 0.1) is 5.56 Å². The van der Waals surface area contributed by atoms with Gasteiger partial charge in [-0.05, 0) is 30.2 Å². The molecule has 0 saturated heterocycles. The minimum absolute atomic E-state index is 0.0359. The normalized spacial score (nSPS) is 11.6. The Labute approximate surface area is 179 Å². The number of rotatable bonds is 7. The number of ether oxygens (including phenoxy) is 1. The molecule has 3 aromatic rings. The van der Waals surface area contributed by atoms with Crippen LogP contribution in [0.1, 0.15) is 23.2 Å². The number of benzene rings is 1. The summed E-state index contributed by atoms with van der Waals surface area (Å²) in [6.07, 6.45) is -4.95. The molecule has 0 atom stereocenters. The van der Waals surface area contributed by atoms with Crippen LogP contribution in [0.25, 0.3) is 0 Å². The monoisotopic (exact) mass is 458 g/mol. The van der Waals surface area contributed by atoms with Crippen molar-refractivity contribution in [1.29, 1.82) is 0 Å². The summed E-state index contributed by atoms with van der Waals surface area (Å²) in [5, 5.41) is -0.187. The van der Waals surface area contributed by atoms with E-state index in [0.29, 0.717) is 24.9 Å². The average molecular weight is 459 g/mol. The maximum absolute atomic E-state index is 12.9. The number of halogens is 6. The summed E-state index contributed by atoms with van der Waals surface area (Å²) in [6.45, 7) is 0.445. The summed E-state index contributed by atoms with van der Waals surface area (Å²) < 4.78 is 69.0. The Morgan fingerprint density at radius 2 is 1.74 bits per heavy atom. The molecule has 0 aliphatic carbocycles. The van der Waals surface area contributed by atoms with Gasteiger partial charge in [-0.3, -0.25) is 0 Å². The Bertz CT molecular complexity index is 1010. The van der Waals surface area contributed by atoms with Crippen molar-refractivity contribution in [2.45, 2.75) is 19.0 Å². The van der Waals surface area contributed by atoms with Crippen LogP contribution in [0.4, 0.5) is 27.8 Å². The highest BCUT2D eigenvalue weighted by Gasteiger charge is 2.30. The highest BCUT2D eigenvalue weighted by Crippen LogP contribution is 2.31. The number of alkyl halides is 5. The number of nitrogens with zero attached hydrogens (tertiary/aromatic N) is 4. The topological polar surface area (TPSA) is 51.1 Å². The van der Waals surface area contributed by atoms with Crippen molar-refractivity contribution < 1.29 is 26.7 Å². The quantitative estimate of drug-likeness (QED) is 0.409. The molecule has 3 rings (SSSR count). The van der Waals surface area contributed by atoms with Gasteiger partial charge in [0.25, 0.3) is 6.43 Å². The number of likely N-dealkylation sites (N-methyl/N-ethyl adjacent to an activating group) is 1. The van der Waals surface area contributed by atoms with Gasteiger partial charge in [-0.25, -0.2) is 23.7 Å². The zero-order valence-electron chi connectivity index (χ0n) is 16.1. The molecule has 0 spiro atoms. The van der Waals surface area contributed by atoms with Crippen molar-refractivity contribution in [1.82, 2.24) is 15.0 Å². The van der Waals surface area contributed by atoms with E-state index < -0.39 is 23.9 Å². The molecule has 2 heterocycles. The standard InChI is InChI=1S/C20H16ClF5N4O/c1-30(19-16(21)17(18(22)23)28-11-29-19)9-8-12-2-5-14(6-3-12)31-15-7-4-13(10-27-15)20(24,25)26/h2-7,10-11,18H,8-9H2,1H3. The molecule has 2 aromatic heterocycles. The predicted octanol–water partition coefficient (Wildman–Crippen LogP) is 5.95. The zero-order chi connectivity index (χ0) is 22.6. The van der Waals surface area contributed by atoms with E-state index in [1.54, 1.807) is 36.2 Å². The van der Waals surface area contributed by atoms with E-state index in [2.05, 4.69) is 15.0 Å². The molecule has 31 heavy (non-hydrogen) atoms. The molecule has 0 unspecified atom stereocenters. The summed E-state index contributed by atoms with van der Waals surface area (Å²) in [6, 6.07) is 8.90. The predicted molar refractivity (Wildman–Crippen MR) is 105 cm³/mol. The first-order valence-corrected chi connectivity index (χ1v) is 9.32. The van der Waals surface area contributed by atoms with Gasteiger partial charge in [-0.15, -0.1) is 0 Å². The molecule has 0 bridgehead atoms. The van der Waals surface area contributed by atoms with Gasteiger partial charge < -0.3 is 9.64 Å². The number of aromatic nitrogens is 3. The van der Waals surface area contributed by atoms with Gasteiger partial charge in [-0.1, -0.05) is 23.7 Å². The van der Waals surface area contributed by atoms with Gasteiger partial charge in [0.1, 0.15) is 22.8 Å². The number of hydrogen-bond acceptors (Lipinski definition) is 5.